The molecule has 0 aliphatic rings. The zero-order valence-electron chi connectivity index (χ0n) is 10.8. The van der Waals surface area contributed by atoms with Gasteiger partial charge < -0.3 is 15.1 Å². The minimum absolute atomic E-state index is 0.0300. The van der Waals surface area contributed by atoms with Crippen molar-refractivity contribution < 1.29 is 10.2 Å². The molecular formula is C12H27NO2. The summed E-state index contributed by atoms with van der Waals surface area (Å²) in [4.78, 5) is 2.21. The van der Waals surface area contributed by atoms with Gasteiger partial charge in [-0.3, -0.25) is 0 Å². The second-order valence-corrected chi connectivity index (χ2v) is 5.52. The number of nitrogens with zero attached hydrogens (tertiary/aromatic N) is 1. The van der Waals surface area contributed by atoms with E-state index < -0.39 is 0 Å². The Bertz CT molecular complexity index is 167. The number of aliphatic hydroxyl groups is 2. The van der Waals surface area contributed by atoms with Crippen LogP contribution in [0.1, 0.15) is 34.1 Å². The van der Waals surface area contributed by atoms with E-state index in [2.05, 4.69) is 32.7 Å². The highest BCUT2D eigenvalue weighted by atomic mass is 16.3. The molecule has 1 atom stereocenters. The molecule has 3 nitrogen and oxygen atoms in total. The van der Waals surface area contributed by atoms with Gasteiger partial charge in [0.15, 0.2) is 0 Å². The van der Waals surface area contributed by atoms with Crippen molar-refractivity contribution in [3.8, 4) is 0 Å². The Hall–Kier alpha value is -0.120. The molecule has 0 rings (SSSR count). The van der Waals surface area contributed by atoms with Crippen LogP contribution < -0.4 is 0 Å². The summed E-state index contributed by atoms with van der Waals surface area (Å²) in [5.41, 5.74) is -0.389. The van der Waals surface area contributed by atoms with Crippen LogP contribution in [0, 0.1) is 11.3 Å². The number of hydrogen-bond acceptors (Lipinski definition) is 3. The van der Waals surface area contributed by atoms with E-state index in [4.69, 9.17) is 0 Å². The topological polar surface area (TPSA) is 43.7 Å². The van der Waals surface area contributed by atoms with Crippen molar-refractivity contribution in [3.63, 3.8) is 0 Å². The molecule has 0 saturated carbocycles. The molecule has 0 heterocycles. The summed E-state index contributed by atoms with van der Waals surface area (Å²) in [6, 6.07) is 0.488. The van der Waals surface area contributed by atoms with Gasteiger partial charge in [0.05, 0.1) is 13.2 Å². The van der Waals surface area contributed by atoms with Crippen molar-refractivity contribution in [1.82, 2.24) is 4.90 Å². The summed E-state index contributed by atoms with van der Waals surface area (Å²) in [6.45, 7) is 9.31. The Morgan fingerprint density at radius 3 is 1.93 bits per heavy atom. The van der Waals surface area contributed by atoms with Crippen LogP contribution in [0.25, 0.3) is 0 Å². The Balaban J connectivity index is 4.15. The molecule has 0 aromatic heterocycles. The Morgan fingerprint density at radius 1 is 1.13 bits per heavy atom. The van der Waals surface area contributed by atoms with Gasteiger partial charge in [0.25, 0.3) is 0 Å². The summed E-state index contributed by atoms with van der Waals surface area (Å²) in [5.74, 6) is 0.678. The van der Waals surface area contributed by atoms with Crippen LogP contribution in [-0.4, -0.2) is 48.0 Å². The van der Waals surface area contributed by atoms with E-state index in [1.54, 1.807) is 0 Å². The lowest BCUT2D eigenvalue weighted by Crippen LogP contribution is -2.43. The van der Waals surface area contributed by atoms with Gasteiger partial charge >= 0.3 is 0 Å². The maximum absolute atomic E-state index is 9.21. The third kappa shape index (κ3) is 5.50. The van der Waals surface area contributed by atoms with Crippen LogP contribution in [0.3, 0.4) is 0 Å². The Labute approximate surface area is 94.1 Å². The molecule has 0 aromatic carbocycles. The second-order valence-electron chi connectivity index (χ2n) is 5.52. The summed E-state index contributed by atoms with van der Waals surface area (Å²) in [6.07, 6.45) is 1.14. The molecule has 0 spiro atoms. The summed E-state index contributed by atoms with van der Waals surface area (Å²) in [5, 5.41) is 18.4. The van der Waals surface area contributed by atoms with E-state index in [0.29, 0.717) is 12.0 Å². The molecule has 0 aliphatic carbocycles. The van der Waals surface area contributed by atoms with E-state index in [1.165, 1.54) is 0 Å². The van der Waals surface area contributed by atoms with Crippen LogP contribution in [0.5, 0.6) is 0 Å². The average Bonchev–Trinajstić information content (AvgIpc) is 2.16. The molecule has 2 N–H and O–H groups in total. The standard InChI is InChI=1S/C12H27NO2/c1-10(2)6-11(3)13(5)7-12(4,8-14)9-15/h10-11,14-15H,6-9H2,1-5H3. The number of rotatable bonds is 7. The first-order valence-electron chi connectivity index (χ1n) is 5.76. The summed E-state index contributed by atoms with van der Waals surface area (Å²) >= 11 is 0. The first-order chi connectivity index (χ1) is 6.84. The Kier molecular flexibility index (Phi) is 6.41. The maximum Gasteiger partial charge on any atom is 0.0519 e. The van der Waals surface area contributed by atoms with Gasteiger partial charge in [-0.25, -0.2) is 0 Å². The molecule has 0 amide bonds. The van der Waals surface area contributed by atoms with Crippen LogP contribution in [-0.2, 0) is 0 Å². The minimum Gasteiger partial charge on any atom is -0.396 e. The molecule has 0 aliphatic heterocycles. The minimum atomic E-state index is -0.389. The fourth-order valence-corrected chi connectivity index (χ4v) is 1.77. The first-order valence-corrected chi connectivity index (χ1v) is 5.76. The Morgan fingerprint density at radius 2 is 1.60 bits per heavy atom. The van der Waals surface area contributed by atoms with Crippen molar-refractivity contribution >= 4 is 0 Å². The van der Waals surface area contributed by atoms with Crippen LogP contribution in [0.2, 0.25) is 0 Å². The number of hydrogen-bond donors (Lipinski definition) is 2. The van der Waals surface area contributed by atoms with Crippen molar-refractivity contribution in [2.24, 2.45) is 11.3 Å². The fraction of sp³-hybridized carbons (Fsp3) is 1.00. The van der Waals surface area contributed by atoms with Gasteiger partial charge in [-0.15, -0.1) is 0 Å². The van der Waals surface area contributed by atoms with Gasteiger partial charge in [-0.1, -0.05) is 20.8 Å². The fourth-order valence-electron chi connectivity index (χ4n) is 1.77. The van der Waals surface area contributed by atoms with E-state index in [-0.39, 0.29) is 18.6 Å². The van der Waals surface area contributed by atoms with Crippen molar-refractivity contribution in [2.75, 3.05) is 26.8 Å². The van der Waals surface area contributed by atoms with Crippen LogP contribution >= 0.6 is 0 Å². The zero-order valence-corrected chi connectivity index (χ0v) is 10.8. The highest BCUT2D eigenvalue weighted by molar-refractivity contribution is 4.78. The first kappa shape index (κ1) is 14.9. The smallest absolute Gasteiger partial charge is 0.0519 e. The third-order valence-electron chi connectivity index (χ3n) is 2.96. The highest BCUT2D eigenvalue weighted by Crippen LogP contribution is 2.19. The van der Waals surface area contributed by atoms with Crippen molar-refractivity contribution in [1.29, 1.82) is 0 Å². The third-order valence-corrected chi connectivity index (χ3v) is 2.96. The summed E-state index contributed by atoms with van der Waals surface area (Å²) in [7, 11) is 2.05. The van der Waals surface area contributed by atoms with E-state index in [9.17, 15) is 10.2 Å². The molecule has 0 aromatic rings. The van der Waals surface area contributed by atoms with Crippen LogP contribution in [0.4, 0.5) is 0 Å². The van der Waals surface area contributed by atoms with Gasteiger partial charge in [0.2, 0.25) is 0 Å². The van der Waals surface area contributed by atoms with Gasteiger partial charge in [-0.05, 0) is 26.3 Å². The molecule has 15 heavy (non-hydrogen) atoms. The van der Waals surface area contributed by atoms with E-state index in [1.807, 2.05) is 6.92 Å². The molecule has 0 saturated heterocycles. The van der Waals surface area contributed by atoms with Gasteiger partial charge in [0, 0.05) is 18.0 Å². The molecule has 0 fully saturated rings. The predicted molar refractivity (Wildman–Crippen MR) is 63.8 cm³/mol. The monoisotopic (exact) mass is 217 g/mol. The predicted octanol–water partition coefficient (Wildman–Crippen LogP) is 1.34. The average molecular weight is 217 g/mol. The van der Waals surface area contributed by atoms with Gasteiger partial charge in [-0.2, -0.15) is 0 Å². The SMILES string of the molecule is CC(C)CC(C)N(C)CC(C)(CO)CO. The summed E-state index contributed by atoms with van der Waals surface area (Å²) < 4.78 is 0. The number of aliphatic hydroxyl groups excluding tert-OH is 2. The maximum atomic E-state index is 9.21. The largest absolute Gasteiger partial charge is 0.396 e. The lowest BCUT2D eigenvalue weighted by molar-refractivity contribution is 0.0305. The lowest BCUT2D eigenvalue weighted by Gasteiger charge is -2.34. The van der Waals surface area contributed by atoms with Crippen LogP contribution in [0.15, 0.2) is 0 Å². The lowest BCUT2D eigenvalue weighted by atomic mass is 9.91. The molecule has 0 radical (unpaired) electrons. The van der Waals surface area contributed by atoms with Gasteiger partial charge in [0.1, 0.15) is 0 Å². The molecule has 3 heteroatoms. The molecule has 0 bridgehead atoms. The van der Waals surface area contributed by atoms with E-state index >= 15 is 0 Å². The highest BCUT2D eigenvalue weighted by Gasteiger charge is 2.26. The van der Waals surface area contributed by atoms with Crippen molar-refractivity contribution in [3.05, 3.63) is 0 Å². The zero-order chi connectivity index (χ0) is 12.1. The molecular weight excluding hydrogens is 190 g/mol. The normalized spacial score (nSPS) is 15.0. The molecule has 92 valence electrons. The quantitative estimate of drug-likeness (QED) is 0.676. The van der Waals surface area contributed by atoms with Crippen molar-refractivity contribution in [2.45, 2.75) is 40.2 Å². The second kappa shape index (κ2) is 6.46. The molecule has 1 unspecified atom stereocenters. The van der Waals surface area contributed by atoms with E-state index in [0.717, 1.165) is 13.0 Å².